The minimum absolute atomic E-state index is 0.00614. The molecule has 0 aliphatic rings. The van der Waals surface area contributed by atoms with Crippen LogP contribution in [-0.4, -0.2) is 40.9 Å². The van der Waals surface area contributed by atoms with Crippen LogP contribution in [0.4, 0.5) is 14.7 Å². The molecule has 3 heterocycles. The highest BCUT2D eigenvalue weighted by atomic mass is 32.2. The molecule has 0 amide bonds. The van der Waals surface area contributed by atoms with Crippen molar-refractivity contribution in [1.29, 1.82) is 0 Å². The van der Waals surface area contributed by atoms with E-state index >= 15 is 0 Å². The zero-order valence-electron chi connectivity index (χ0n) is 18.7. The van der Waals surface area contributed by atoms with Gasteiger partial charge in [-0.15, -0.1) is 0 Å². The third-order valence-corrected chi connectivity index (χ3v) is 6.79. The SMILES string of the molecule is O=S(=O)(NCCCNc1nccc(-c2c(-c3cccc(F)c3)nc3occn23)n1)c1ccc(F)cc1. The van der Waals surface area contributed by atoms with Gasteiger partial charge in [0.15, 0.2) is 0 Å². The van der Waals surface area contributed by atoms with Crippen LogP contribution in [0.1, 0.15) is 6.42 Å². The molecule has 0 atom stereocenters. The molecule has 0 aliphatic carbocycles. The molecular weight excluding hydrogens is 490 g/mol. The Labute approximate surface area is 204 Å². The van der Waals surface area contributed by atoms with Gasteiger partial charge in [0.25, 0.3) is 0 Å². The molecule has 184 valence electrons. The fraction of sp³-hybridized carbons (Fsp3) is 0.125. The molecule has 9 nitrogen and oxygen atoms in total. The number of hydrogen-bond donors (Lipinski definition) is 2. The van der Waals surface area contributed by atoms with Crippen LogP contribution in [-0.2, 0) is 10.0 Å². The van der Waals surface area contributed by atoms with E-state index in [4.69, 9.17) is 4.42 Å². The van der Waals surface area contributed by atoms with E-state index in [1.807, 2.05) is 0 Å². The number of fused-ring (bicyclic) bond motifs is 1. The second-order valence-electron chi connectivity index (χ2n) is 7.77. The molecule has 5 rings (SSSR count). The number of nitrogens with one attached hydrogen (secondary N) is 2. The molecule has 0 fully saturated rings. The lowest BCUT2D eigenvalue weighted by molar-refractivity contribution is 0.579. The summed E-state index contributed by atoms with van der Waals surface area (Å²) in [5, 5.41) is 3.07. The van der Waals surface area contributed by atoms with Gasteiger partial charge < -0.3 is 9.73 Å². The second kappa shape index (κ2) is 9.84. The Hall–Kier alpha value is -4.16. The first-order chi connectivity index (χ1) is 17.4. The molecule has 2 N–H and O–H groups in total. The van der Waals surface area contributed by atoms with Crippen molar-refractivity contribution in [1.82, 2.24) is 24.1 Å². The van der Waals surface area contributed by atoms with Gasteiger partial charge in [0, 0.05) is 31.0 Å². The Morgan fingerprint density at radius 3 is 2.61 bits per heavy atom. The number of hydrogen-bond acceptors (Lipinski definition) is 7. The van der Waals surface area contributed by atoms with E-state index in [2.05, 4.69) is 25.0 Å². The quantitative estimate of drug-likeness (QED) is 0.287. The van der Waals surface area contributed by atoms with Gasteiger partial charge in [-0.25, -0.2) is 31.9 Å². The summed E-state index contributed by atoms with van der Waals surface area (Å²) < 4.78 is 61.1. The number of aromatic nitrogens is 4. The van der Waals surface area contributed by atoms with Gasteiger partial charge >= 0.3 is 5.84 Å². The molecule has 0 saturated carbocycles. The number of oxazole rings is 1. The minimum Gasteiger partial charge on any atom is -0.432 e. The average Bonchev–Trinajstić information content (AvgIpc) is 3.46. The van der Waals surface area contributed by atoms with E-state index in [1.165, 1.54) is 30.5 Å². The van der Waals surface area contributed by atoms with Crippen molar-refractivity contribution in [3.8, 4) is 22.6 Å². The first kappa shape index (κ1) is 23.6. The van der Waals surface area contributed by atoms with Crippen LogP contribution in [0.25, 0.3) is 28.5 Å². The highest BCUT2D eigenvalue weighted by Gasteiger charge is 2.20. The predicted octanol–water partition coefficient (Wildman–Crippen LogP) is 4.11. The molecule has 3 aromatic heterocycles. The maximum Gasteiger partial charge on any atom is 0.306 e. The number of imidazole rings is 1. The van der Waals surface area contributed by atoms with Crippen LogP contribution in [0.15, 0.2) is 82.6 Å². The van der Waals surface area contributed by atoms with Crippen molar-refractivity contribution in [2.24, 2.45) is 0 Å². The smallest absolute Gasteiger partial charge is 0.306 e. The van der Waals surface area contributed by atoms with Crippen LogP contribution in [0.5, 0.6) is 0 Å². The van der Waals surface area contributed by atoms with Gasteiger partial charge in [-0.2, -0.15) is 4.98 Å². The van der Waals surface area contributed by atoms with E-state index in [-0.39, 0.29) is 17.3 Å². The lowest BCUT2D eigenvalue weighted by atomic mass is 10.1. The van der Waals surface area contributed by atoms with Gasteiger partial charge in [-0.1, -0.05) is 12.1 Å². The molecule has 2 aromatic carbocycles. The topological polar surface area (TPSA) is 114 Å². The van der Waals surface area contributed by atoms with Crippen LogP contribution in [0, 0.1) is 11.6 Å². The summed E-state index contributed by atoms with van der Waals surface area (Å²) in [6.45, 7) is 0.550. The molecule has 0 spiro atoms. The molecular formula is C24H20F2N6O3S. The largest absolute Gasteiger partial charge is 0.432 e. The van der Waals surface area contributed by atoms with Gasteiger partial charge in [0.2, 0.25) is 16.0 Å². The molecule has 0 aliphatic heterocycles. The summed E-state index contributed by atoms with van der Waals surface area (Å²) in [5.41, 5.74) is 2.23. The van der Waals surface area contributed by atoms with Crippen molar-refractivity contribution < 1.29 is 21.6 Å². The summed E-state index contributed by atoms with van der Waals surface area (Å²) in [6.07, 6.45) is 5.22. The van der Waals surface area contributed by atoms with E-state index in [9.17, 15) is 17.2 Å². The molecule has 12 heteroatoms. The summed E-state index contributed by atoms with van der Waals surface area (Å²) >= 11 is 0. The Balaban J connectivity index is 1.28. The molecule has 0 unspecified atom stereocenters. The monoisotopic (exact) mass is 510 g/mol. The van der Waals surface area contributed by atoms with Crippen molar-refractivity contribution in [3.05, 3.63) is 84.9 Å². The van der Waals surface area contributed by atoms with E-state index in [0.717, 1.165) is 12.1 Å². The molecule has 0 radical (unpaired) electrons. The fourth-order valence-electron chi connectivity index (χ4n) is 3.64. The third-order valence-electron chi connectivity index (χ3n) is 5.31. The average molecular weight is 511 g/mol. The lowest BCUT2D eigenvalue weighted by Gasteiger charge is -2.09. The molecule has 5 aromatic rings. The number of rotatable bonds is 9. The van der Waals surface area contributed by atoms with E-state index in [1.54, 1.807) is 35.0 Å². The van der Waals surface area contributed by atoms with Crippen molar-refractivity contribution in [3.63, 3.8) is 0 Å². The fourth-order valence-corrected chi connectivity index (χ4v) is 4.71. The van der Waals surface area contributed by atoms with Crippen molar-refractivity contribution in [2.75, 3.05) is 18.4 Å². The zero-order valence-corrected chi connectivity index (χ0v) is 19.5. The maximum absolute atomic E-state index is 13.9. The summed E-state index contributed by atoms with van der Waals surface area (Å²) in [7, 11) is -3.73. The van der Waals surface area contributed by atoms with Gasteiger partial charge in [-0.3, -0.25) is 4.40 Å². The van der Waals surface area contributed by atoms with E-state index < -0.39 is 15.8 Å². The first-order valence-electron chi connectivity index (χ1n) is 10.9. The highest BCUT2D eigenvalue weighted by Crippen LogP contribution is 2.32. The highest BCUT2D eigenvalue weighted by molar-refractivity contribution is 7.89. The Morgan fingerprint density at radius 2 is 1.81 bits per heavy atom. The standard InChI is InChI=1S/C24H20F2N6O3S/c25-17-5-7-19(8-6-17)36(33,34)29-11-2-10-27-23-28-12-9-20(30-23)22-21(16-3-1-4-18(26)15-16)31-24-32(22)13-14-35-24/h1,3-9,12-15,29H,2,10-11H2,(H,27,28,30). The number of halogens is 2. The van der Waals surface area contributed by atoms with Crippen molar-refractivity contribution >= 4 is 21.8 Å². The lowest BCUT2D eigenvalue weighted by Crippen LogP contribution is -2.26. The second-order valence-corrected chi connectivity index (χ2v) is 9.54. The summed E-state index contributed by atoms with van der Waals surface area (Å²) in [5.74, 6) is -0.223. The van der Waals surface area contributed by atoms with Gasteiger partial charge in [-0.05, 0) is 48.9 Å². The predicted molar refractivity (Wildman–Crippen MR) is 129 cm³/mol. The normalized spacial score (nSPS) is 11.7. The van der Waals surface area contributed by atoms with E-state index in [0.29, 0.717) is 47.4 Å². The van der Waals surface area contributed by atoms with Gasteiger partial charge in [0.05, 0.1) is 10.6 Å². The van der Waals surface area contributed by atoms with Crippen molar-refractivity contribution in [2.45, 2.75) is 11.3 Å². The number of anilines is 1. The summed E-state index contributed by atoms with van der Waals surface area (Å²) in [4.78, 5) is 13.3. The number of sulfonamides is 1. The third kappa shape index (κ3) is 4.95. The zero-order chi connectivity index (χ0) is 25.1. The minimum atomic E-state index is -3.73. The number of benzene rings is 2. The molecule has 0 bridgehead atoms. The maximum atomic E-state index is 13.9. The molecule has 0 saturated heterocycles. The van der Waals surface area contributed by atoms with Crippen LogP contribution in [0.2, 0.25) is 0 Å². The van der Waals surface area contributed by atoms with Gasteiger partial charge in [0.1, 0.15) is 29.3 Å². The Bertz CT molecular complexity index is 1620. The number of nitrogens with zero attached hydrogens (tertiary/aromatic N) is 4. The van der Waals surface area contributed by atoms with Crippen LogP contribution in [0.3, 0.4) is 0 Å². The Kier molecular flexibility index (Phi) is 6.44. The first-order valence-corrected chi connectivity index (χ1v) is 12.4. The Morgan fingerprint density at radius 1 is 0.972 bits per heavy atom. The molecule has 36 heavy (non-hydrogen) atoms. The van der Waals surface area contributed by atoms with Crippen LogP contribution < -0.4 is 10.0 Å². The van der Waals surface area contributed by atoms with Crippen LogP contribution >= 0.6 is 0 Å². The summed E-state index contributed by atoms with van der Waals surface area (Å²) in [6, 6.07) is 12.4.